The fourth-order valence-electron chi connectivity index (χ4n) is 1.98. The molecule has 16 heavy (non-hydrogen) atoms. The van der Waals surface area contributed by atoms with Gasteiger partial charge in [0, 0.05) is 24.1 Å². The number of pyridine rings is 1. The Kier molecular flexibility index (Phi) is 3.20. The van der Waals surface area contributed by atoms with Crippen LogP contribution in [-0.4, -0.2) is 16.7 Å². The zero-order chi connectivity index (χ0) is 11.5. The first-order valence-corrected chi connectivity index (χ1v) is 5.71. The molecule has 84 valence electrons. The minimum atomic E-state index is 0.210. The lowest BCUT2D eigenvalue weighted by Gasteiger charge is -2.12. The number of rotatable bonds is 3. The van der Waals surface area contributed by atoms with Gasteiger partial charge in [-0.25, -0.2) is 0 Å². The van der Waals surface area contributed by atoms with Gasteiger partial charge in [-0.3, -0.25) is 4.98 Å². The molecule has 0 spiro atoms. The van der Waals surface area contributed by atoms with Crippen molar-refractivity contribution in [1.82, 2.24) is 4.98 Å². The average molecular weight is 215 g/mol. The van der Waals surface area contributed by atoms with Crippen molar-refractivity contribution in [3.05, 3.63) is 41.6 Å². The molecule has 1 aromatic heterocycles. The molecule has 2 aromatic rings. The first kappa shape index (κ1) is 11.1. The largest absolute Gasteiger partial charge is 0.396 e. The van der Waals surface area contributed by atoms with Gasteiger partial charge in [0.1, 0.15) is 0 Å². The predicted octanol–water partition coefficient (Wildman–Crippen LogP) is 3.03. The molecule has 0 saturated carbocycles. The van der Waals surface area contributed by atoms with Crippen molar-refractivity contribution < 1.29 is 5.11 Å². The SMILES string of the molecule is CCC(CO)c1ccc2ncc(C)cc2c1. The Morgan fingerprint density at radius 3 is 2.81 bits per heavy atom. The maximum Gasteiger partial charge on any atom is 0.0702 e. The molecule has 0 amide bonds. The van der Waals surface area contributed by atoms with Gasteiger partial charge in [-0.15, -0.1) is 0 Å². The van der Waals surface area contributed by atoms with Crippen molar-refractivity contribution >= 4 is 10.9 Å². The number of aliphatic hydroxyl groups excluding tert-OH is 1. The maximum absolute atomic E-state index is 9.29. The quantitative estimate of drug-likeness (QED) is 0.853. The van der Waals surface area contributed by atoms with Crippen molar-refractivity contribution in [2.24, 2.45) is 0 Å². The summed E-state index contributed by atoms with van der Waals surface area (Å²) in [6, 6.07) is 8.37. The Morgan fingerprint density at radius 1 is 1.31 bits per heavy atom. The van der Waals surface area contributed by atoms with Crippen molar-refractivity contribution in [2.75, 3.05) is 6.61 Å². The highest BCUT2D eigenvalue weighted by molar-refractivity contribution is 5.79. The van der Waals surface area contributed by atoms with Crippen LogP contribution >= 0.6 is 0 Å². The topological polar surface area (TPSA) is 33.1 Å². The fourth-order valence-corrected chi connectivity index (χ4v) is 1.98. The monoisotopic (exact) mass is 215 g/mol. The average Bonchev–Trinajstić information content (AvgIpc) is 2.30. The fraction of sp³-hybridized carbons (Fsp3) is 0.357. The van der Waals surface area contributed by atoms with Crippen LogP contribution in [0.1, 0.15) is 30.4 Å². The van der Waals surface area contributed by atoms with Crippen LogP contribution in [0.4, 0.5) is 0 Å². The predicted molar refractivity (Wildman–Crippen MR) is 66.6 cm³/mol. The maximum atomic E-state index is 9.29. The number of nitrogens with zero attached hydrogens (tertiary/aromatic N) is 1. The lowest BCUT2D eigenvalue weighted by molar-refractivity contribution is 0.262. The standard InChI is InChI=1S/C14H17NO/c1-3-11(9-16)12-4-5-14-13(7-12)6-10(2)8-15-14/h4-8,11,16H,3,9H2,1-2H3. The summed E-state index contributed by atoms with van der Waals surface area (Å²) in [5.74, 6) is 0.241. The smallest absolute Gasteiger partial charge is 0.0702 e. The molecule has 2 rings (SSSR count). The Bertz CT molecular complexity index is 489. The van der Waals surface area contributed by atoms with Gasteiger partial charge in [0.05, 0.1) is 5.52 Å². The van der Waals surface area contributed by atoms with Crippen LogP contribution in [0, 0.1) is 6.92 Å². The second-order valence-electron chi connectivity index (χ2n) is 4.25. The molecule has 0 saturated heterocycles. The molecule has 0 radical (unpaired) electrons. The first-order valence-electron chi connectivity index (χ1n) is 5.71. The molecule has 0 aliphatic heterocycles. The molecular weight excluding hydrogens is 198 g/mol. The molecule has 2 nitrogen and oxygen atoms in total. The molecule has 0 aliphatic rings. The van der Waals surface area contributed by atoms with E-state index in [0.717, 1.165) is 17.3 Å². The molecule has 1 heterocycles. The minimum Gasteiger partial charge on any atom is -0.396 e. The number of fused-ring (bicyclic) bond motifs is 1. The minimum absolute atomic E-state index is 0.210. The first-order chi connectivity index (χ1) is 7.74. The number of aromatic nitrogens is 1. The van der Waals surface area contributed by atoms with E-state index >= 15 is 0 Å². The molecule has 0 aliphatic carbocycles. The van der Waals surface area contributed by atoms with Gasteiger partial charge < -0.3 is 5.11 Å². The van der Waals surface area contributed by atoms with E-state index in [9.17, 15) is 5.11 Å². The van der Waals surface area contributed by atoms with E-state index in [4.69, 9.17) is 0 Å². The normalized spacial score (nSPS) is 12.9. The van der Waals surface area contributed by atoms with Crippen LogP contribution in [-0.2, 0) is 0 Å². The summed E-state index contributed by atoms with van der Waals surface area (Å²) in [4.78, 5) is 4.37. The second-order valence-corrected chi connectivity index (χ2v) is 4.25. The molecular formula is C14H17NO. The van der Waals surface area contributed by atoms with Gasteiger partial charge in [0.25, 0.3) is 0 Å². The summed E-state index contributed by atoms with van der Waals surface area (Å²) in [6.07, 6.45) is 2.84. The zero-order valence-electron chi connectivity index (χ0n) is 9.77. The van der Waals surface area contributed by atoms with Crippen LogP contribution in [0.3, 0.4) is 0 Å². The van der Waals surface area contributed by atoms with Crippen molar-refractivity contribution in [3.63, 3.8) is 0 Å². The Morgan fingerprint density at radius 2 is 2.12 bits per heavy atom. The van der Waals surface area contributed by atoms with Crippen LogP contribution in [0.5, 0.6) is 0 Å². The van der Waals surface area contributed by atoms with Crippen molar-refractivity contribution in [2.45, 2.75) is 26.2 Å². The van der Waals surface area contributed by atoms with Crippen molar-refractivity contribution in [3.8, 4) is 0 Å². The molecule has 1 atom stereocenters. The number of hydrogen-bond acceptors (Lipinski definition) is 2. The Labute approximate surface area is 96.0 Å². The number of benzene rings is 1. The van der Waals surface area contributed by atoms with Gasteiger partial charge in [-0.2, -0.15) is 0 Å². The lowest BCUT2D eigenvalue weighted by Crippen LogP contribution is -2.02. The number of hydrogen-bond donors (Lipinski definition) is 1. The summed E-state index contributed by atoms with van der Waals surface area (Å²) in [6.45, 7) is 4.35. The van der Waals surface area contributed by atoms with Gasteiger partial charge in [-0.05, 0) is 42.7 Å². The van der Waals surface area contributed by atoms with E-state index in [1.54, 1.807) is 0 Å². The van der Waals surface area contributed by atoms with Crippen LogP contribution in [0.2, 0.25) is 0 Å². The third-order valence-electron chi connectivity index (χ3n) is 3.03. The van der Waals surface area contributed by atoms with Crippen LogP contribution in [0.15, 0.2) is 30.5 Å². The number of aryl methyl sites for hydroxylation is 1. The third-order valence-corrected chi connectivity index (χ3v) is 3.03. The van der Waals surface area contributed by atoms with Gasteiger partial charge in [0.15, 0.2) is 0 Å². The summed E-state index contributed by atoms with van der Waals surface area (Å²) < 4.78 is 0. The van der Waals surface area contributed by atoms with Gasteiger partial charge >= 0.3 is 0 Å². The number of aliphatic hydroxyl groups is 1. The van der Waals surface area contributed by atoms with E-state index in [1.807, 2.05) is 19.2 Å². The highest BCUT2D eigenvalue weighted by Gasteiger charge is 2.08. The summed E-state index contributed by atoms with van der Waals surface area (Å²) in [5, 5.41) is 10.4. The van der Waals surface area contributed by atoms with E-state index in [0.29, 0.717) is 0 Å². The molecule has 2 heteroatoms. The molecule has 0 bridgehead atoms. The lowest BCUT2D eigenvalue weighted by atomic mass is 9.96. The Hall–Kier alpha value is -1.41. The van der Waals surface area contributed by atoms with Crippen LogP contribution in [0.25, 0.3) is 10.9 Å². The highest BCUT2D eigenvalue weighted by Crippen LogP contribution is 2.23. The highest BCUT2D eigenvalue weighted by atomic mass is 16.3. The molecule has 1 unspecified atom stereocenters. The van der Waals surface area contributed by atoms with Crippen molar-refractivity contribution in [1.29, 1.82) is 0 Å². The van der Waals surface area contributed by atoms with E-state index in [1.165, 1.54) is 11.1 Å². The summed E-state index contributed by atoms with van der Waals surface area (Å²) in [5.41, 5.74) is 3.38. The Balaban J connectivity index is 2.49. The van der Waals surface area contributed by atoms with Gasteiger partial charge in [-0.1, -0.05) is 13.0 Å². The van der Waals surface area contributed by atoms with E-state index < -0.39 is 0 Å². The molecule has 0 fully saturated rings. The third kappa shape index (κ3) is 2.07. The van der Waals surface area contributed by atoms with E-state index in [2.05, 4.69) is 30.1 Å². The summed E-state index contributed by atoms with van der Waals surface area (Å²) in [7, 11) is 0. The van der Waals surface area contributed by atoms with Gasteiger partial charge in [0.2, 0.25) is 0 Å². The zero-order valence-corrected chi connectivity index (χ0v) is 9.77. The van der Waals surface area contributed by atoms with E-state index in [-0.39, 0.29) is 12.5 Å². The second kappa shape index (κ2) is 4.62. The summed E-state index contributed by atoms with van der Waals surface area (Å²) >= 11 is 0. The molecule has 1 N–H and O–H groups in total. The molecule has 1 aromatic carbocycles. The van der Waals surface area contributed by atoms with Crippen LogP contribution < -0.4 is 0 Å².